The Hall–Kier alpha value is -1.42. The molecular formula is C17H24FN3. The maximum absolute atomic E-state index is 13.5. The first-order chi connectivity index (χ1) is 10.1. The minimum atomic E-state index is -0.228. The van der Waals surface area contributed by atoms with Gasteiger partial charge in [-0.3, -0.25) is 0 Å². The second kappa shape index (κ2) is 5.41. The highest BCUT2D eigenvalue weighted by Crippen LogP contribution is 2.39. The summed E-state index contributed by atoms with van der Waals surface area (Å²) in [5.41, 5.74) is 8.09. The second-order valence-electron chi connectivity index (χ2n) is 6.49. The molecule has 21 heavy (non-hydrogen) atoms. The van der Waals surface area contributed by atoms with Crippen LogP contribution in [0, 0.1) is 5.82 Å². The molecular weight excluding hydrogens is 265 g/mol. The van der Waals surface area contributed by atoms with Gasteiger partial charge < -0.3 is 10.3 Å². The molecule has 0 radical (unpaired) electrons. The molecule has 4 heteroatoms. The van der Waals surface area contributed by atoms with Crippen molar-refractivity contribution in [3.8, 4) is 0 Å². The lowest BCUT2D eigenvalue weighted by atomic mass is 9.71. The molecule has 1 aromatic heterocycles. The summed E-state index contributed by atoms with van der Waals surface area (Å²) in [5.74, 6) is 0.811. The summed E-state index contributed by atoms with van der Waals surface area (Å²) in [7, 11) is 0. The summed E-state index contributed by atoms with van der Waals surface area (Å²) >= 11 is 0. The first kappa shape index (κ1) is 14.5. The summed E-state index contributed by atoms with van der Waals surface area (Å²) in [6.45, 7) is 5.28. The lowest BCUT2D eigenvalue weighted by molar-refractivity contribution is 0.252. The fourth-order valence-corrected chi connectivity index (χ4v) is 3.63. The zero-order valence-electron chi connectivity index (χ0n) is 12.9. The number of hydrogen-bond acceptors (Lipinski definition) is 2. The van der Waals surface area contributed by atoms with E-state index in [-0.39, 0.29) is 17.3 Å². The van der Waals surface area contributed by atoms with Gasteiger partial charge in [0.2, 0.25) is 0 Å². The summed E-state index contributed by atoms with van der Waals surface area (Å²) in [6, 6.07) is 5.02. The fraction of sp³-hybridized carbons (Fsp3) is 0.588. The van der Waals surface area contributed by atoms with Crippen molar-refractivity contribution in [1.82, 2.24) is 9.55 Å². The van der Waals surface area contributed by atoms with Crippen LogP contribution in [0.25, 0.3) is 11.0 Å². The lowest BCUT2D eigenvalue weighted by Crippen LogP contribution is -2.47. The van der Waals surface area contributed by atoms with Gasteiger partial charge in [0.05, 0.1) is 11.0 Å². The molecule has 114 valence electrons. The molecule has 1 fully saturated rings. The van der Waals surface area contributed by atoms with Crippen LogP contribution in [-0.2, 0) is 12.0 Å². The maximum atomic E-state index is 13.5. The molecule has 3 rings (SSSR count). The van der Waals surface area contributed by atoms with Crippen molar-refractivity contribution >= 4 is 11.0 Å². The van der Waals surface area contributed by atoms with Crippen molar-refractivity contribution < 1.29 is 4.39 Å². The van der Waals surface area contributed by atoms with E-state index in [9.17, 15) is 4.39 Å². The molecule has 2 unspecified atom stereocenters. The Morgan fingerprint density at radius 3 is 2.95 bits per heavy atom. The lowest BCUT2D eigenvalue weighted by Gasteiger charge is -2.39. The normalized spacial score (nSPS) is 26.4. The summed E-state index contributed by atoms with van der Waals surface area (Å²) in [5, 5.41) is 0. The van der Waals surface area contributed by atoms with Crippen molar-refractivity contribution in [1.29, 1.82) is 0 Å². The van der Waals surface area contributed by atoms with Crippen LogP contribution in [0.15, 0.2) is 18.2 Å². The molecule has 2 atom stereocenters. The number of aryl methyl sites for hydroxylation is 1. The largest absolute Gasteiger partial charge is 0.327 e. The van der Waals surface area contributed by atoms with Gasteiger partial charge in [-0.25, -0.2) is 9.37 Å². The average Bonchev–Trinajstić information content (AvgIpc) is 2.81. The second-order valence-corrected chi connectivity index (χ2v) is 6.49. The van der Waals surface area contributed by atoms with Gasteiger partial charge in [-0.15, -0.1) is 0 Å². The van der Waals surface area contributed by atoms with Gasteiger partial charge in [0.1, 0.15) is 11.6 Å². The van der Waals surface area contributed by atoms with Crippen molar-refractivity contribution in [2.75, 3.05) is 0 Å². The number of aromatic nitrogens is 2. The number of benzene rings is 1. The molecule has 1 heterocycles. The van der Waals surface area contributed by atoms with Gasteiger partial charge in [0.15, 0.2) is 0 Å². The predicted molar refractivity (Wildman–Crippen MR) is 83.8 cm³/mol. The van der Waals surface area contributed by atoms with E-state index in [0.717, 1.165) is 42.7 Å². The molecule has 2 aromatic rings. The molecule has 1 aliphatic rings. The third kappa shape index (κ3) is 2.35. The van der Waals surface area contributed by atoms with E-state index < -0.39 is 0 Å². The minimum absolute atomic E-state index is 0.108. The van der Waals surface area contributed by atoms with Crippen LogP contribution in [-0.4, -0.2) is 15.6 Å². The SMILES string of the molecule is CCCn1c(C2(C)CCCCC2N)nc2cc(F)ccc21. The molecule has 1 aromatic carbocycles. The zero-order chi connectivity index (χ0) is 15.0. The number of imidazole rings is 1. The monoisotopic (exact) mass is 289 g/mol. The van der Waals surface area contributed by atoms with E-state index in [0.29, 0.717) is 0 Å². The first-order valence-corrected chi connectivity index (χ1v) is 7.98. The van der Waals surface area contributed by atoms with Crippen LogP contribution < -0.4 is 5.73 Å². The predicted octanol–water partition coefficient (Wildman–Crippen LogP) is 3.74. The molecule has 0 amide bonds. The number of halogens is 1. The molecule has 0 spiro atoms. The van der Waals surface area contributed by atoms with Crippen LogP contribution in [0.1, 0.15) is 51.8 Å². The Balaban J connectivity index is 2.18. The molecule has 1 aliphatic carbocycles. The van der Waals surface area contributed by atoms with E-state index >= 15 is 0 Å². The standard InChI is InChI=1S/C17H24FN3/c1-3-10-21-14-8-7-12(18)11-13(14)20-16(21)17(2)9-5-4-6-15(17)19/h7-8,11,15H,3-6,9-10,19H2,1-2H3. The van der Waals surface area contributed by atoms with Crippen LogP contribution in [0.3, 0.4) is 0 Å². The van der Waals surface area contributed by atoms with Crippen molar-refractivity contribution in [2.45, 2.75) is 64.0 Å². The number of hydrogen-bond donors (Lipinski definition) is 1. The highest BCUT2D eigenvalue weighted by Gasteiger charge is 2.39. The van der Waals surface area contributed by atoms with E-state index in [1.165, 1.54) is 25.0 Å². The third-order valence-electron chi connectivity index (χ3n) is 4.95. The van der Waals surface area contributed by atoms with Gasteiger partial charge in [0, 0.05) is 24.1 Å². The van der Waals surface area contributed by atoms with Crippen LogP contribution >= 0.6 is 0 Å². The van der Waals surface area contributed by atoms with E-state index in [4.69, 9.17) is 10.7 Å². The molecule has 0 aliphatic heterocycles. The van der Waals surface area contributed by atoms with E-state index in [2.05, 4.69) is 18.4 Å². The summed E-state index contributed by atoms with van der Waals surface area (Å²) in [4.78, 5) is 4.78. The van der Waals surface area contributed by atoms with Crippen molar-refractivity contribution in [2.24, 2.45) is 5.73 Å². The molecule has 1 saturated carbocycles. The topological polar surface area (TPSA) is 43.8 Å². The smallest absolute Gasteiger partial charge is 0.125 e. The number of rotatable bonds is 3. The van der Waals surface area contributed by atoms with Crippen molar-refractivity contribution in [3.63, 3.8) is 0 Å². The van der Waals surface area contributed by atoms with E-state index in [1.54, 1.807) is 0 Å². The van der Waals surface area contributed by atoms with Gasteiger partial charge in [0.25, 0.3) is 0 Å². The number of fused-ring (bicyclic) bond motifs is 1. The highest BCUT2D eigenvalue weighted by molar-refractivity contribution is 5.76. The Morgan fingerprint density at radius 1 is 1.43 bits per heavy atom. The van der Waals surface area contributed by atoms with Gasteiger partial charge in [-0.2, -0.15) is 0 Å². The van der Waals surface area contributed by atoms with Crippen LogP contribution in [0.5, 0.6) is 0 Å². The third-order valence-corrected chi connectivity index (χ3v) is 4.95. The Morgan fingerprint density at radius 2 is 2.24 bits per heavy atom. The van der Waals surface area contributed by atoms with E-state index in [1.807, 2.05) is 6.07 Å². The molecule has 0 saturated heterocycles. The quantitative estimate of drug-likeness (QED) is 0.935. The molecule has 2 N–H and O–H groups in total. The number of nitrogens with two attached hydrogens (primary N) is 1. The Kier molecular flexibility index (Phi) is 3.74. The van der Waals surface area contributed by atoms with Crippen LogP contribution in [0.4, 0.5) is 4.39 Å². The van der Waals surface area contributed by atoms with Crippen molar-refractivity contribution in [3.05, 3.63) is 29.8 Å². The van der Waals surface area contributed by atoms with Gasteiger partial charge in [-0.05, 0) is 31.4 Å². The highest BCUT2D eigenvalue weighted by atomic mass is 19.1. The Bertz CT molecular complexity index is 649. The maximum Gasteiger partial charge on any atom is 0.125 e. The summed E-state index contributed by atoms with van der Waals surface area (Å²) < 4.78 is 15.8. The number of nitrogens with zero attached hydrogens (tertiary/aromatic N) is 2. The summed E-state index contributed by atoms with van der Waals surface area (Å²) in [6.07, 6.45) is 5.51. The van der Waals surface area contributed by atoms with Crippen LogP contribution in [0.2, 0.25) is 0 Å². The zero-order valence-corrected chi connectivity index (χ0v) is 12.9. The molecule has 0 bridgehead atoms. The van der Waals surface area contributed by atoms with Gasteiger partial charge in [-0.1, -0.05) is 26.7 Å². The molecule has 3 nitrogen and oxygen atoms in total. The Labute approximate surface area is 125 Å². The average molecular weight is 289 g/mol. The van der Waals surface area contributed by atoms with Gasteiger partial charge >= 0.3 is 0 Å². The fourth-order valence-electron chi connectivity index (χ4n) is 3.63. The first-order valence-electron chi connectivity index (χ1n) is 7.98. The minimum Gasteiger partial charge on any atom is -0.327 e.